The number of amides is 3. The molecule has 2 unspecified atom stereocenters. The number of piperazine rings is 1. The highest BCUT2D eigenvalue weighted by atomic mass is 16.3. The molecule has 4 heterocycles. The van der Waals surface area contributed by atoms with Crippen LogP contribution in [0.2, 0.25) is 0 Å². The number of rotatable bonds is 4. The third kappa shape index (κ3) is 4.39. The second-order valence-corrected chi connectivity index (χ2v) is 9.35. The van der Waals surface area contributed by atoms with Gasteiger partial charge in [0, 0.05) is 50.8 Å². The van der Waals surface area contributed by atoms with Gasteiger partial charge in [-0.05, 0) is 50.3 Å². The highest BCUT2D eigenvalue weighted by molar-refractivity contribution is 5.91. The Morgan fingerprint density at radius 2 is 1.59 bits per heavy atom. The molecular weight excluding hydrogens is 404 g/mol. The van der Waals surface area contributed by atoms with E-state index in [1.54, 1.807) is 17.0 Å². The van der Waals surface area contributed by atoms with Crippen molar-refractivity contribution < 1.29 is 14.0 Å². The molecule has 2 aromatic rings. The van der Waals surface area contributed by atoms with Crippen molar-refractivity contribution in [3.05, 3.63) is 59.5 Å². The van der Waals surface area contributed by atoms with E-state index in [-0.39, 0.29) is 18.0 Å². The summed E-state index contributed by atoms with van der Waals surface area (Å²) in [5.41, 5.74) is 1.36. The Morgan fingerprint density at radius 1 is 0.938 bits per heavy atom. The van der Waals surface area contributed by atoms with Crippen molar-refractivity contribution >= 4 is 11.9 Å². The van der Waals surface area contributed by atoms with Crippen LogP contribution in [0.25, 0.3) is 0 Å². The maximum Gasteiger partial charge on any atom is 0.317 e. The second-order valence-electron chi connectivity index (χ2n) is 9.35. The molecule has 2 bridgehead atoms. The Kier molecular flexibility index (Phi) is 5.91. The molecule has 170 valence electrons. The molecule has 0 saturated carbocycles. The van der Waals surface area contributed by atoms with Crippen molar-refractivity contribution in [3.8, 4) is 0 Å². The van der Waals surface area contributed by atoms with Gasteiger partial charge in [-0.15, -0.1) is 0 Å². The fourth-order valence-electron chi connectivity index (χ4n) is 5.53. The first kappa shape index (κ1) is 21.1. The van der Waals surface area contributed by atoms with E-state index in [1.165, 1.54) is 18.4 Å². The van der Waals surface area contributed by atoms with Crippen LogP contribution < -0.4 is 5.32 Å². The molecule has 3 amide bonds. The van der Waals surface area contributed by atoms with Crippen molar-refractivity contribution in [1.29, 1.82) is 0 Å². The van der Waals surface area contributed by atoms with Crippen molar-refractivity contribution in [1.82, 2.24) is 20.0 Å². The third-order valence-electron chi connectivity index (χ3n) is 7.23. The molecule has 1 aromatic carbocycles. The van der Waals surface area contributed by atoms with Crippen molar-refractivity contribution in [2.24, 2.45) is 0 Å². The molecule has 3 aliphatic rings. The summed E-state index contributed by atoms with van der Waals surface area (Å²) in [6.07, 6.45) is 4.48. The number of carbonyl (C=O) groups is 2. The standard InChI is InChI=1S/C25H32N4O3/c1-18-7-10-23(32-18)24(30)27-11-13-28(14-12-27)25(31)26-20-15-21-8-9-22(16-20)29(21)17-19-5-3-2-4-6-19/h2-7,10,20-22H,8-9,11-17H2,1H3,(H,26,31). The summed E-state index contributed by atoms with van der Waals surface area (Å²) in [6, 6.07) is 15.5. The van der Waals surface area contributed by atoms with Gasteiger partial charge in [0.05, 0.1) is 0 Å². The van der Waals surface area contributed by atoms with Crippen molar-refractivity contribution in [2.75, 3.05) is 26.2 Å². The van der Waals surface area contributed by atoms with Gasteiger partial charge in [-0.2, -0.15) is 0 Å². The lowest BCUT2D eigenvalue weighted by atomic mass is 9.96. The summed E-state index contributed by atoms with van der Waals surface area (Å²) in [5.74, 6) is 1.01. The Hall–Kier alpha value is -2.80. The number of hydrogen-bond acceptors (Lipinski definition) is 4. The molecule has 7 nitrogen and oxygen atoms in total. The monoisotopic (exact) mass is 436 g/mol. The number of nitrogens with one attached hydrogen (secondary N) is 1. The summed E-state index contributed by atoms with van der Waals surface area (Å²) >= 11 is 0. The summed E-state index contributed by atoms with van der Waals surface area (Å²) in [4.78, 5) is 31.7. The molecular formula is C25H32N4O3. The summed E-state index contributed by atoms with van der Waals surface area (Å²) in [6.45, 7) is 5.01. The van der Waals surface area contributed by atoms with Crippen LogP contribution >= 0.6 is 0 Å². The minimum atomic E-state index is -0.0967. The Labute approximate surface area is 189 Å². The number of furan rings is 1. The minimum Gasteiger partial charge on any atom is -0.456 e. The van der Waals surface area contributed by atoms with Crippen LogP contribution in [0.4, 0.5) is 4.79 Å². The van der Waals surface area contributed by atoms with E-state index in [4.69, 9.17) is 4.42 Å². The Morgan fingerprint density at radius 3 is 2.22 bits per heavy atom. The Balaban J connectivity index is 1.11. The lowest BCUT2D eigenvalue weighted by Crippen LogP contribution is -2.56. The van der Waals surface area contributed by atoms with E-state index >= 15 is 0 Å². The summed E-state index contributed by atoms with van der Waals surface area (Å²) < 4.78 is 5.46. The molecule has 3 aliphatic heterocycles. The van der Waals surface area contributed by atoms with Gasteiger partial charge in [-0.1, -0.05) is 30.3 Å². The van der Waals surface area contributed by atoms with Crippen LogP contribution in [-0.2, 0) is 6.54 Å². The molecule has 1 N–H and O–H groups in total. The van der Waals surface area contributed by atoms with Crippen LogP contribution in [0.1, 0.15) is 47.6 Å². The molecule has 1 aromatic heterocycles. The van der Waals surface area contributed by atoms with E-state index in [0.29, 0.717) is 44.0 Å². The molecule has 3 saturated heterocycles. The van der Waals surface area contributed by atoms with Gasteiger partial charge < -0.3 is 19.5 Å². The van der Waals surface area contributed by atoms with Gasteiger partial charge in [0.1, 0.15) is 5.76 Å². The average Bonchev–Trinajstić information content (AvgIpc) is 3.34. The minimum absolute atomic E-state index is 0.00634. The first-order valence-corrected chi connectivity index (χ1v) is 11.8. The third-order valence-corrected chi connectivity index (χ3v) is 7.23. The molecule has 5 rings (SSSR count). The number of piperidine rings is 1. The van der Waals surface area contributed by atoms with Crippen LogP contribution in [0.15, 0.2) is 46.9 Å². The SMILES string of the molecule is Cc1ccc(C(=O)N2CCN(C(=O)NC3CC4CCC(C3)N4Cc3ccccc3)CC2)o1. The van der Waals surface area contributed by atoms with E-state index in [0.717, 1.165) is 25.1 Å². The molecule has 0 aliphatic carbocycles. The van der Waals surface area contributed by atoms with E-state index in [9.17, 15) is 9.59 Å². The number of hydrogen-bond donors (Lipinski definition) is 1. The highest BCUT2D eigenvalue weighted by Crippen LogP contribution is 2.37. The lowest BCUT2D eigenvalue weighted by Gasteiger charge is -2.40. The lowest BCUT2D eigenvalue weighted by molar-refractivity contribution is 0.0624. The fourth-order valence-corrected chi connectivity index (χ4v) is 5.53. The fraction of sp³-hybridized carbons (Fsp3) is 0.520. The predicted molar refractivity (Wildman–Crippen MR) is 121 cm³/mol. The molecule has 0 spiro atoms. The van der Waals surface area contributed by atoms with Crippen LogP contribution in [-0.4, -0.2) is 70.9 Å². The van der Waals surface area contributed by atoms with Gasteiger partial charge in [0.25, 0.3) is 5.91 Å². The Bertz CT molecular complexity index is 937. The van der Waals surface area contributed by atoms with Crippen molar-refractivity contribution in [2.45, 2.75) is 57.3 Å². The van der Waals surface area contributed by atoms with E-state index in [1.807, 2.05) is 11.8 Å². The number of carbonyl (C=O) groups excluding carboxylic acids is 2. The molecule has 2 atom stereocenters. The van der Waals surface area contributed by atoms with Crippen LogP contribution in [0, 0.1) is 6.92 Å². The smallest absolute Gasteiger partial charge is 0.317 e. The zero-order chi connectivity index (χ0) is 22.1. The number of fused-ring (bicyclic) bond motifs is 2. The van der Waals surface area contributed by atoms with E-state index < -0.39 is 0 Å². The molecule has 32 heavy (non-hydrogen) atoms. The van der Waals surface area contributed by atoms with Crippen LogP contribution in [0.5, 0.6) is 0 Å². The predicted octanol–water partition coefficient (Wildman–Crippen LogP) is 3.25. The molecule has 0 radical (unpaired) electrons. The van der Waals surface area contributed by atoms with E-state index in [2.05, 4.69) is 40.5 Å². The summed E-state index contributed by atoms with van der Waals surface area (Å²) in [5, 5.41) is 3.29. The first-order chi connectivity index (χ1) is 15.6. The number of urea groups is 1. The highest BCUT2D eigenvalue weighted by Gasteiger charge is 2.41. The maximum atomic E-state index is 12.9. The maximum absolute atomic E-state index is 12.9. The van der Waals surface area contributed by atoms with Gasteiger partial charge in [-0.3, -0.25) is 9.69 Å². The summed E-state index contributed by atoms with van der Waals surface area (Å²) in [7, 11) is 0. The van der Waals surface area contributed by atoms with Gasteiger partial charge in [-0.25, -0.2) is 4.79 Å². The number of aryl methyl sites for hydroxylation is 1. The normalized spacial score (nSPS) is 25.7. The molecule has 7 heteroatoms. The van der Waals surface area contributed by atoms with Gasteiger partial charge >= 0.3 is 6.03 Å². The van der Waals surface area contributed by atoms with Gasteiger partial charge in [0.15, 0.2) is 5.76 Å². The first-order valence-electron chi connectivity index (χ1n) is 11.8. The van der Waals surface area contributed by atoms with Crippen molar-refractivity contribution in [3.63, 3.8) is 0 Å². The number of benzene rings is 1. The zero-order valence-electron chi connectivity index (χ0n) is 18.7. The average molecular weight is 437 g/mol. The zero-order valence-corrected chi connectivity index (χ0v) is 18.7. The largest absolute Gasteiger partial charge is 0.456 e. The quantitative estimate of drug-likeness (QED) is 0.799. The molecule has 3 fully saturated rings. The van der Waals surface area contributed by atoms with Crippen LogP contribution in [0.3, 0.4) is 0 Å². The van der Waals surface area contributed by atoms with Gasteiger partial charge in [0.2, 0.25) is 0 Å². The number of nitrogens with zero attached hydrogens (tertiary/aromatic N) is 3. The second kappa shape index (κ2) is 8.98. The topological polar surface area (TPSA) is 69.0 Å².